The Balaban J connectivity index is 2.11. The van der Waals surface area contributed by atoms with Crippen LogP contribution in [0.2, 0.25) is 0 Å². The van der Waals surface area contributed by atoms with Gasteiger partial charge < -0.3 is 9.84 Å². The third-order valence-corrected chi connectivity index (χ3v) is 4.34. The number of nitro groups is 1. The van der Waals surface area contributed by atoms with Crippen LogP contribution in [0.5, 0.6) is 5.75 Å². The molecule has 0 spiro atoms. The molecule has 0 atom stereocenters. The molecule has 9 nitrogen and oxygen atoms in total. The number of carbonyl (C=O) groups excluding carboxylic acids is 1. The van der Waals surface area contributed by atoms with Gasteiger partial charge >= 0.3 is 11.7 Å². The van der Waals surface area contributed by atoms with Crippen LogP contribution < -0.4 is 5.43 Å². The number of nitro benzene ring substituents is 1. The molecule has 0 saturated carbocycles. The molecule has 0 aliphatic carbocycles. The number of esters is 1. The molecular weight excluding hydrogens is 360 g/mol. The van der Waals surface area contributed by atoms with Gasteiger partial charge in [0.2, 0.25) is 10.9 Å². The summed E-state index contributed by atoms with van der Waals surface area (Å²) in [5, 5.41) is 27.3. The number of phenols is 1. The van der Waals surface area contributed by atoms with E-state index in [4.69, 9.17) is 4.74 Å². The van der Waals surface area contributed by atoms with Crippen molar-refractivity contribution < 1.29 is 19.6 Å². The summed E-state index contributed by atoms with van der Waals surface area (Å²) in [5.74, 6) is -0.800. The second kappa shape index (κ2) is 8.39. The molecule has 2 rings (SSSR count). The molecule has 0 aliphatic rings. The van der Waals surface area contributed by atoms with E-state index in [2.05, 4.69) is 15.5 Å². The number of hydrogen-bond donors (Lipinski definition) is 2. The lowest BCUT2D eigenvalue weighted by molar-refractivity contribution is -0.386. The van der Waals surface area contributed by atoms with E-state index in [1.807, 2.05) is 0 Å². The Labute approximate surface area is 153 Å². The number of nitrogens with zero attached hydrogens (tertiary/aromatic N) is 3. The van der Waals surface area contributed by atoms with Crippen molar-refractivity contribution in [3.05, 3.63) is 43.9 Å². The highest BCUT2D eigenvalue weighted by molar-refractivity contribution is 7.13. The average Bonchev–Trinajstić information content (AvgIpc) is 2.99. The van der Waals surface area contributed by atoms with Crippen LogP contribution in [0.15, 0.2) is 16.5 Å². The maximum atomic E-state index is 11.4. The Hall–Kier alpha value is -3.01. The zero-order valence-electron chi connectivity index (χ0n) is 14.5. The molecule has 1 aromatic heterocycles. The summed E-state index contributed by atoms with van der Waals surface area (Å²) in [7, 11) is 0. The first-order valence-corrected chi connectivity index (χ1v) is 8.58. The highest BCUT2D eigenvalue weighted by Crippen LogP contribution is 2.34. The predicted molar refractivity (Wildman–Crippen MR) is 97.9 cm³/mol. The van der Waals surface area contributed by atoms with Gasteiger partial charge in [-0.3, -0.25) is 20.3 Å². The molecule has 0 unspecified atom stereocenters. The molecule has 2 N–H and O–H groups in total. The maximum Gasteiger partial charge on any atom is 0.314 e. The number of aromatic hydroxyl groups is 1. The molecule has 1 heterocycles. The van der Waals surface area contributed by atoms with Crippen molar-refractivity contribution in [1.29, 1.82) is 0 Å². The highest BCUT2D eigenvalue weighted by Gasteiger charge is 2.21. The quantitative estimate of drug-likeness (QED) is 0.328. The second-order valence-corrected chi connectivity index (χ2v) is 6.22. The number of hydrazone groups is 1. The number of benzene rings is 1. The van der Waals surface area contributed by atoms with Crippen LogP contribution in [0.25, 0.3) is 0 Å². The smallest absolute Gasteiger partial charge is 0.314 e. The second-order valence-electron chi connectivity index (χ2n) is 5.36. The molecule has 0 fully saturated rings. The Morgan fingerprint density at radius 2 is 2.27 bits per heavy atom. The van der Waals surface area contributed by atoms with Gasteiger partial charge in [0.25, 0.3) is 0 Å². The van der Waals surface area contributed by atoms with E-state index in [1.54, 1.807) is 32.2 Å². The normalized spacial score (nSPS) is 10.9. The van der Waals surface area contributed by atoms with Crippen LogP contribution in [0.1, 0.15) is 29.3 Å². The molecule has 0 aliphatic heterocycles. The molecule has 0 bridgehead atoms. The Kier molecular flexibility index (Phi) is 6.23. The zero-order valence-corrected chi connectivity index (χ0v) is 15.3. The lowest BCUT2D eigenvalue weighted by Gasteiger charge is -2.06. The predicted octanol–water partition coefficient (Wildman–Crippen LogP) is 2.93. The molecule has 2 aromatic rings. The number of thiazole rings is 1. The van der Waals surface area contributed by atoms with Crippen molar-refractivity contribution >= 4 is 34.3 Å². The lowest BCUT2D eigenvalue weighted by atomic mass is 10.0. The van der Waals surface area contributed by atoms with Gasteiger partial charge in [0.15, 0.2) is 0 Å². The number of aryl methyl sites for hydroxylation is 1. The molecule has 0 amide bonds. The van der Waals surface area contributed by atoms with Crippen molar-refractivity contribution in [1.82, 2.24) is 4.98 Å². The van der Waals surface area contributed by atoms with Crippen molar-refractivity contribution in [3.63, 3.8) is 0 Å². The van der Waals surface area contributed by atoms with Gasteiger partial charge in [-0.1, -0.05) is 0 Å². The molecule has 0 radical (unpaired) electrons. The number of carbonyl (C=O) groups is 1. The number of aromatic nitrogens is 1. The standard InChI is InChI=1S/C16H18N4O5S/c1-4-25-13(21)6-12-8-26-16(18-12)19-17-7-11-5-9(2)10(3)14(15(11)22)20(23)24/h5,7-8,22H,4,6H2,1-3H3,(H,18,19). The van der Waals surface area contributed by atoms with E-state index in [9.17, 15) is 20.0 Å². The Morgan fingerprint density at radius 1 is 1.54 bits per heavy atom. The number of anilines is 1. The summed E-state index contributed by atoms with van der Waals surface area (Å²) in [6.45, 7) is 5.33. The molecule has 0 saturated heterocycles. The first-order chi connectivity index (χ1) is 12.3. The minimum atomic E-state index is -0.620. The fourth-order valence-corrected chi connectivity index (χ4v) is 2.85. The fraction of sp³-hybridized carbons (Fsp3) is 0.312. The van der Waals surface area contributed by atoms with Crippen molar-refractivity contribution in [2.75, 3.05) is 12.0 Å². The van der Waals surface area contributed by atoms with Crippen LogP contribution >= 0.6 is 11.3 Å². The van der Waals surface area contributed by atoms with E-state index in [-0.39, 0.29) is 23.6 Å². The SMILES string of the molecule is CCOC(=O)Cc1csc(NN=Cc2cc(C)c(C)c([N+](=O)[O-])c2O)n1. The maximum absolute atomic E-state index is 11.4. The molecule has 10 heteroatoms. The van der Waals surface area contributed by atoms with Gasteiger partial charge in [0.05, 0.1) is 29.9 Å². The van der Waals surface area contributed by atoms with Crippen LogP contribution in [-0.2, 0) is 16.0 Å². The van der Waals surface area contributed by atoms with Crippen LogP contribution in [0, 0.1) is 24.0 Å². The highest BCUT2D eigenvalue weighted by atomic mass is 32.1. The number of rotatable bonds is 7. The summed E-state index contributed by atoms with van der Waals surface area (Å²) < 4.78 is 4.85. The molecule has 1 aromatic carbocycles. The third-order valence-electron chi connectivity index (χ3n) is 3.55. The Bertz CT molecular complexity index is 863. The Morgan fingerprint density at radius 3 is 2.92 bits per heavy atom. The van der Waals surface area contributed by atoms with Gasteiger partial charge in [-0.25, -0.2) is 4.98 Å². The zero-order chi connectivity index (χ0) is 19.3. The molecule has 26 heavy (non-hydrogen) atoms. The first kappa shape index (κ1) is 19.3. The fourth-order valence-electron chi connectivity index (χ4n) is 2.19. The first-order valence-electron chi connectivity index (χ1n) is 7.70. The van der Waals surface area contributed by atoms with Crippen molar-refractivity contribution in [3.8, 4) is 5.75 Å². The summed E-state index contributed by atoms with van der Waals surface area (Å²) in [6, 6.07) is 1.61. The van der Waals surface area contributed by atoms with E-state index >= 15 is 0 Å². The van der Waals surface area contributed by atoms with Crippen LogP contribution in [-0.4, -0.2) is 33.8 Å². The van der Waals surface area contributed by atoms with Gasteiger partial charge in [-0.2, -0.15) is 5.10 Å². The summed E-state index contributed by atoms with van der Waals surface area (Å²) in [4.78, 5) is 26.1. The topological polar surface area (TPSA) is 127 Å². The van der Waals surface area contributed by atoms with E-state index in [0.29, 0.717) is 28.6 Å². The van der Waals surface area contributed by atoms with Crippen molar-refractivity contribution in [2.45, 2.75) is 27.2 Å². The number of hydrogen-bond acceptors (Lipinski definition) is 9. The summed E-state index contributed by atoms with van der Waals surface area (Å²) in [5.41, 5.74) is 4.18. The lowest BCUT2D eigenvalue weighted by Crippen LogP contribution is -2.07. The minimum absolute atomic E-state index is 0.0693. The van der Waals surface area contributed by atoms with Gasteiger partial charge in [0.1, 0.15) is 0 Å². The molecular formula is C16H18N4O5S. The van der Waals surface area contributed by atoms with Crippen LogP contribution in [0.3, 0.4) is 0 Å². The van der Waals surface area contributed by atoms with Crippen LogP contribution in [0.4, 0.5) is 10.8 Å². The largest absolute Gasteiger partial charge is 0.502 e. The number of nitrogens with one attached hydrogen (secondary N) is 1. The van der Waals surface area contributed by atoms with E-state index in [0.717, 1.165) is 0 Å². The van der Waals surface area contributed by atoms with Gasteiger partial charge in [-0.15, -0.1) is 11.3 Å². The minimum Gasteiger partial charge on any atom is -0.502 e. The molecule has 138 valence electrons. The summed E-state index contributed by atoms with van der Waals surface area (Å²) in [6.07, 6.45) is 1.35. The third kappa shape index (κ3) is 4.54. The van der Waals surface area contributed by atoms with Gasteiger partial charge in [-0.05, 0) is 32.4 Å². The van der Waals surface area contributed by atoms with E-state index in [1.165, 1.54) is 17.6 Å². The monoisotopic (exact) mass is 378 g/mol. The number of ether oxygens (including phenoxy) is 1. The van der Waals surface area contributed by atoms with E-state index < -0.39 is 10.7 Å². The van der Waals surface area contributed by atoms with Crippen molar-refractivity contribution in [2.24, 2.45) is 5.10 Å². The van der Waals surface area contributed by atoms with Gasteiger partial charge in [0, 0.05) is 16.5 Å². The number of phenolic OH excluding ortho intramolecular Hbond substituents is 1. The summed E-state index contributed by atoms with van der Waals surface area (Å²) >= 11 is 1.25. The average molecular weight is 378 g/mol.